The smallest absolute Gasteiger partial charge is 0.0983 e. The summed E-state index contributed by atoms with van der Waals surface area (Å²) < 4.78 is 0. The number of carbonyl (C=O) groups is 1. The van der Waals surface area contributed by atoms with Crippen LogP contribution in [0.3, 0.4) is 0 Å². The molecule has 0 aliphatic carbocycles. The lowest BCUT2D eigenvalue weighted by molar-refractivity contribution is -0.894. The second-order valence-corrected chi connectivity index (χ2v) is 3.66. The molecule has 0 aromatic heterocycles. The van der Waals surface area contributed by atoms with Gasteiger partial charge in [-0.1, -0.05) is 0 Å². The highest BCUT2D eigenvalue weighted by Crippen LogP contribution is 1.95. The molecule has 86 valence electrons. The highest BCUT2D eigenvalue weighted by Gasteiger charge is 2.11. The van der Waals surface area contributed by atoms with Crippen LogP contribution in [-0.2, 0) is 4.79 Å². The number of carbonyl (C=O) groups excluding carboxylic acids is 1. The molecule has 2 N–H and O–H groups in total. The molecular formula is C10H23NO3. The normalized spacial score (nSPS) is 10.8. The molecule has 0 rings (SSSR count). The van der Waals surface area contributed by atoms with Gasteiger partial charge in [0.2, 0.25) is 0 Å². The van der Waals surface area contributed by atoms with Crippen LogP contribution in [0.25, 0.3) is 0 Å². The Bertz CT molecular complexity index is 142. The van der Waals surface area contributed by atoms with E-state index < -0.39 is 11.6 Å². The van der Waals surface area contributed by atoms with E-state index in [-0.39, 0.29) is 0 Å². The Balaban J connectivity index is 0. The zero-order valence-electron chi connectivity index (χ0n) is 9.89. The van der Waals surface area contributed by atoms with E-state index in [1.54, 1.807) is 4.90 Å². The molecule has 0 saturated carbocycles. The maximum atomic E-state index is 9.66. The van der Waals surface area contributed by atoms with Gasteiger partial charge in [0.05, 0.1) is 31.2 Å². The molecule has 0 amide bonds. The number of hydrogen-bond donors (Lipinski definition) is 2. The first-order chi connectivity index (χ1) is 6.29. The van der Waals surface area contributed by atoms with Gasteiger partial charge in [0, 0.05) is 0 Å². The quantitative estimate of drug-likeness (QED) is 0.583. The van der Waals surface area contributed by atoms with Crippen LogP contribution in [0.4, 0.5) is 0 Å². The van der Waals surface area contributed by atoms with Crippen LogP contribution in [0, 0.1) is 0 Å². The van der Waals surface area contributed by atoms with Gasteiger partial charge in [0.25, 0.3) is 0 Å². The Morgan fingerprint density at radius 1 is 1.21 bits per heavy atom. The van der Waals surface area contributed by atoms with Crippen molar-refractivity contribution in [3.8, 4) is 0 Å². The minimum atomic E-state index is -1.69. The predicted molar refractivity (Wildman–Crippen MR) is 53.9 cm³/mol. The van der Waals surface area contributed by atoms with E-state index in [4.69, 9.17) is 5.11 Å². The second kappa shape index (κ2) is 7.76. The summed E-state index contributed by atoms with van der Waals surface area (Å²) in [6.45, 7) is 12.8. The van der Waals surface area contributed by atoms with Gasteiger partial charge in [0.15, 0.2) is 0 Å². The summed E-state index contributed by atoms with van der Waals surface area (Å²) in [5.41, 5.74) is -1.69. The Morgan fingerprint density at radius 2 is 1.43 bits per heavy atom. The van der Waals surface area contributed by atoms with Crippen LogP contribution < -0.4 is 10.0 Å². The van der Waals surface area contributed by atoms with E-state index in [0.29, 0.717) is 0 Å². The lowest BCUT2D eigenvalue weighted by Gasteiger charge is -2.16. The Kier molecular flexibility index (Phi) is 8.79. The van der Waals surface area contributed by atoms with Gasteiger partial charge < -0.3 is 19.9 Å². The number of carboxylic acids is 1. The standard InChI is InChI=1S/C6H15N.C4H8O3/c1-4-7(5-2)6-3;1-4(2,7)3(5)6/h4-6H2,1-3H3;7H,1-2H3,(H,5,6). The number of nitrogens with one attached hydrogen (secondary N) is 1. The molecule has 4 heteroatoms. The zero-order chi connectivity index (χ0) is 11.8. The topological polar surface area (TPSA) is 64.8 Å². The van der Waals surface area contributed by atoms with Gasteiger partial charge in [-0.05, 0) is 34.6 Å². The van der Waals surface area contributed by atoms with Crippen molar-refractivity contribution in [1.29, 1.82) is 0 Å². The maximum absolute atomic E-state index is 9.66. The first-order valence-electron chi connectivity index (χ1n) is 5.06. The fourth-order valence-corrected chi connectivity index (χ4v) is 0.750. The Morgan fingerprint density at radius 3 is 1.43 bits per heavy atom. The average molecular weight is 205 g/mol. The van der Waals surface area contributed by atoms with Gasteiger partial charge >= 0.3 is 0 Å². The van der Waals surface area contributed by atoms with Crippen LogP contribution in [0.15, 0.2) is 0 Å². The molecule has 0 aromatic carbocycles. The van der Waals surface area contributed by atoms with Gasteiger partial charge in [-0.2, -0.15) is 0 Å². The van der Waals surface area contributed by atoms with Crippen LogP contribution in [0.5, 0.6) is 0 Å². The average Bonchev–Trinajstić information content (AvgIpc) is 2.07. The molecule has 0 aromatic rings. The summed E-state index contributed by atoms with van der Waals surface area (Å²) in [4.78, 5) is 11.3. The third kappa shape index (κ3) is 9.48. The van der Waals surface area contributed by atoms with E-state index in [0.717, 1.165) is 13.8 Å². The van der Waals surface area contributed by atoms with Crippen molar-refractivity contribution in [1.82, 2.24) is 0 Å². The third-order valence-electron chi connectivity index (χ3n) is 2.00. The molecule has 0 aliphatic heterocycles. The fraction of sp³-hybridized carbons (Fsp3) is 0.900. The number of aliphatic carboxylic acids is 1. The van der Waals surface area contributed by atoms with Crippen molar-refractivity contribution in [2.75, 3.05) is 19.6 Å². The first-order valence-corrected chi connectivity index (χ1v) is 5.06. The van der Waals surface area contributed by atoms with E-state index in [1.165, 1.54) is 19.6 Å². The minimum absolute atomic E-state index is 1.16. The van der Waals surface area contributed by atoms with Crippen LogP contribution in [0.1, 0.15) is 34.6 Å². The minimum Gasteiger partial charge on any atom is -0.547 e. The van der Waals surface area contributed by atoms with Crippen LogP contribution >= 0.6 is 0 Å². The van der Waals surface area contributed by atoms with E-state index in [2.05, 4.69) is 20.8 Å². The number of quaternary nitrogens is 1. The lowest BCUT2D eigenvalue weighted by Crippen LogP contribution is -3.11. The first kappa shape index (κ1) is 15.8. The molecule has 0 saturated heterocycles. The lowest BCUT2D eigenvalue weighted by atomic mass is 10.1. The largest absolute Gasteiger partial charge is 0.547 e. The summed E-state index contributed by atoms with van der Waals surface area (Å²) in [6, 6.07) is 0. The molecule has 0 fully saturated rings. The van der Waals surface area contributed by atoms with Crippen molar-refractivity contribution in [3.63, 3.8) is 0 Å². The number of hydrogen-bond acceptors (Lipinski definition) is 3. The van der Waals surface area contributed by atoms with Gasteiger partial charge in [-0.25, -0.2) is 0 Å². The summed E-state index contributed by atoms with van der Waals surface area (Å²) >= 11 is 0. The molecule has 0 unspecified atom stereocenters. The summed E-state index contributed by atoms with van der Waals surface area (Å²) in [5.74, 6) is -1.45. The van der Waals surface area contributed by atoms with Crippen molar-refractivity contribution >= 4 is 5.97 Å². The summed E-state index contributed by atoms with van der Waals surface area (Å²) in [7, 11) is 0. The number of rotatable bonds is 4. The maximum Gasteiger partial charge on any atom is 0.0983 e. The highest BCUT2D eigenvalue weighted by molar-refractivity contribution is 5.73. The number of aliphatic hydroxyl groups is 1. The molecule has 0 aliphatic rings. The van der Waals surface area contributed by atoms with E-state index >= 15 is 0 Å². The van der Waals surface area contributed by atoms with Crippen molar-refractivity contribution in [2.45, 2.75) is 40.2 Å². The van der Waals surface area contributed by atoms with Gasteiger partial charge in [-0.15, -0.1) is 0 Å². The van der Waals surface area contributed by atoms with E-state index in [1.807, 2.05) is 0 Å². The van der Waals surface area contributed by atoms with Crippen LogP contribution in [-0.4, -0.2) is 36.3 Å². The SMILES string of the molecule is CC(C)(O)C(=O)[O-].CC[NH+](CC)CC. The van der Waals surface area contributed by atoms with Gasteiger partial charge in [0.1, 0.15) is 0 Å². The van der Waals surface area contributed by atoms with Crippen molar-refractivity contribution < 1.29 is 19.9 Å². The molecule has 0 heterocycles. The zero-order valence-corrected chi connectivity index (χ0v) is 9.89. The molecule has 0 radical (unpaired) electrons. The number of carboxylic acid groups (broad SMARTS) is 1. The molecule has 0 spiro atoms. The fourth-order valence-electron chi connectivity index (χ4n) is 0.750. The molecule has 14 heavy (non-hydrogen) atoms. The van der Waals surface area contributed by atoms with Crippen LogP contribution in [0.2, 0.25) is 0 Å². The summed E-state index contributed by atoms with van der Waals surface area (Å²) in [6.07, 6.45) is 0. The van der Waals surface area contributed by atoms with Crippen molar-refractivity contribution in [3.05, 3.63) is 0 Å². The molecular weight excluding hydrogens is 182 g/mol. The Labute approximate surface area is 86.5 Å². The van der Waals surface area contributed by atoms with Gasteiger partial charge in [-0.3, -0.25) is 0 Å². The monoisotopic (exact) mass is 205 g/mol. The predicted octanol–water partition coefficient (Wildman–Crippen LogP) is -1.56. The molecule has 0 atom stereocenters. The molecule has 4 nitrogen and oxygen atoms in total. The van der Waals surface area contributed by atoms with E-state index in [9.17, 15) is 9.90 Å². The second-order valence-electron chi connectivity index (χ2n) is 3.66. The third-order valence-corrected chi connectivity index (χ3v) is 2.00. The molecule has 0 bridgehead atoms. The highest BCUT2D eigenvalue weighted by atomic mass is 16.4. The van der Waals surface area contributed by atoms with Crippen molar-refractivity contribution in [2.24, 2.45) is 0 Å². The Hall–Kier alpha value is -0.610. The summed E-state index contributed by atoms with van der Waals surface area (Å²) in [5, 5.41) is 18.1.